The summed E-state index contributed by atoms with van der Waals surface area (Å²) in [7, 11) is 0. The molecule has 1 aromatic heterocycles. The van der Waals surface area contributed by atoms with Gasteiger partial charge in [-0.15, -0.1) is 0 Å². The largest absolute Gasteiger partial charge is 0.353 e. The van der Waals surface area contributed by atoms with Crippen LogP contribution < -0.4 is 4.90 Å². The molecule has 0 atom stereocenters. The Hall–Kier alpha value is -1.88. The van der Waals surface area contributed by atoms with Gasteiger partial charge in [-0.1, -0.05) is 11.6 Å². The van der Waals surface area contributed by atoms with Gasteiger partial charge >= 0.3 is 0 Å². The molecule has 1 aliphatic rings. The third-order valence-corrected chi connectivity index (χ3v) is 3.99. The molecule has 1 fully saturated rings. The van der Waals surface area contributed by atoms with Gasteiger partial charge in [0.05, 0.1) is 17.2 Å². The molecule has 0 spiro atoms. The Morgan fingerprint density at radius 3 is 2.86 bits per heavy atom. The molecule has 0 saturated carbocycles. The van der Waals surface area contributed by atoms with E-state index in [1.807, 2.05) is 23.1 Å². The highest BCUT2D eigenvalue weighted by Crippen LogP contribution is 2.20. The van der Waals surface area contributed by atoms with Crippen LogP contribution in [-0.4, -0.2) is 47.0 Å². The number of aromatic nitrogens is 2. The lowest BCUT2D eigenvalue weighted by Crippen LogP contribution is -2.33. The zero-order chi connectivity index (χ0) is 14.8. The first kappa shape index (κ1) is 14.1. The van der Waals surface area contributed by atoms with E-state index in [2.05, 4.69) is 14.9 Å². The maximum absolute atomic E-state index is 11.5. The molecule has 0 bridgehead atoms. The highest BCUT2D eigenvalue weighted by Gasteiger charge is 2.17. The fourth-order valence-corrected chi connectivity index (χ4v) is 2.75. The number of anilines is 1. The number of nitrogens with zero attached hydrogens (tertiary/aromatic N) is 4. The maximum atomic E-state index is 11.5. The zero-order valence-electron chi connectivity index (χ0n) is 11.9. The summed E-state index contributed by atoms with van der Waals surface area (Å²) in [5, 5.41) is 0.663. The molecule has 3 rings (SSSR count). The number of hydrogen-bond donors (Lipinski definition) is 0. The van der Waals surface area contributed by atoms with E-state index >= 15 is 0 Å². The molecule has 2 heterocycles. The van der Waals surface area contributed by atoms with Gasteiger partial charge in [-0.2, -0.15) is 0 Å². The average molecular weight is 305 g/mol. The van der Waals surface area contributed by atoms with Crippen molar-refractivity contribution in [2.75, 3.05) is 31.1 Å². The van der Waals surface area contributed by atoms with Crippen LogP contribution in [0, 0.1) is 0 Å². The van der Waals surface area contributed by atoms with Crippen molar-refractivity contribution in [2.24, 2.45) is 0 Å². The predicted molar refractivity (Wildman–Crippen MR) is 83.6 cm³/mol. The lowest BCUT2D eigenvalue weighted by atomic mass is 10.3. The van der Waals surface area contributed by atoms with Crippen LogP contribution in [0.15, 0.2) is 24.4 Å². The van der Waals surface area contributed by atoms with Crippen molar-refractivity contribution < 1.29 is 4.79 Å². The second kappa shape index (κ2) is 5.85. The molecule has 1 amide bonds. The lowest BCUT2D eigenvalue weighted by molar-refractivity contribution is -0.128. The molecular weight excluding hydrogens is 288 g/mol. The van der Waals surface area contributed by atoms with E-state index in [1.165, 1.54) is 0 Å². The predicted octanol–water partition coefficient (Wildman–Crippen LogP) is 2.34. The number of amides is 1. The molecule has 1 saturated heterocycles. The van der Waals surface area contributed by atoms with E-state index in [4.69, 9.17) is 11.6 Å². The molecule has 1 aliphatic heterocycles. The van der Waals surface area contributed by atoms with Crippen LogP contribution >= 0.6 is 11.6 Å². The number of hydrogen-bond acceptors (Lipinski definition) is 4. The highest BCUT2D eigenvalue weighted by molar-refractivity contribution is 6.31. The molecule has 0 N–H and O–H groups in total. The fraction of sp³-hybridized carbons (Fsp3) is 0.400. The van der Waals surface area contributed by atoms with E-state index in [-0.39, 0.29) is 5.91 Å². The van der Waals surface area contributed by atoms with Crippen LogP contribution in [0.1, 0.15) is 13.3 Å². The third-order valence-electron chi connectivity index (χ3n) is 3.76. The Balaban J connectivity index is 1.83. The smallest absolute Gasteiger partial charge is 0.219 e. The lowest BCUT2D eigenvalue weighted by Gasteiger charge is -2.22. The Morgan fingerprint density at radius 2 is 2.05 bits per heavy atom. The first-order valence-corrected chi connectivity index (χ1v) is 7.44. The van der Waals surface area contributed by atoms with Gasteiger partial charge in [-0.3, -0.25) is 9.78 Å². The summed E-state index contributed by atoms with van der Waals surface area (Å²) in [6.07, 6.45) is 2.72. The topological polar surface area (TPSA) is 49.3 Å². The summed E-state index contributed by atoms with van der Waals surface area (Å²) in [4.78, 5) is 24.6. The Kier molecular flexibility index (Phi) is 3.92. The number of fused-ring (bicyclic) bond motifs is 1. The zero-order valence-corrected chi connectivity index (χ0v) is 12.7. The number of carbonyl (C=O) groups is 1. The van der Waals surface area contributed by atoms with Crippen molar-refractivity contribution in [3.8, 4) is 0 Å². The minimum atomic E-state index is 0.135. The summed E-state index contributed by atoms with van der Waals surface area (Å²) in [5.41, 5.74) is 1.64. The second-order valence-corrected chi connectivity index (χ2v) is 5.64. The van der Waals surface area contributed by atoms with Crippen molar-refractivity contribution in [3.05, 3.63) is 29.4 Å². The molecular formula is C15H17ClN4O. The minimum Gasteiger partial charge on any atom is -0.353 e. The molecule has 0 unspecified atom stereocenters. The molecule has 1 aromatic carbocycles. The molecule has 110 valence electrons. The van der Waals surface area contributed by atoms with Crippen LogP contribution in [0.4, 0.5) is 5.82 Å². The first-order valence-electron chi connectivity index (χ1n) is 7.06. The normalized spacial score (nSPS) is 16.1. The van der Waals surface area contributed by atoms with Gasteiger partial charge in [0.1, 0.15) is 5.82 Å². The van der Waals surface area contributed by atoms with Gasteiger partial charge in [-0.05, 0) is 24.6 Å². The molecule has 21 heavy (non-hydrogen) atoms. The van der Waals surface area contributed by atoms with Crippen molar-refractivity contribution in [2.45, 2.75) is 13.3 Å². The number of carbonyl (C=O) groups excluding carboxylic acids is 1. The van der Waals surface area contributed by atoms with Crippen molar-refractivity contribution in [1.29, 1.82) is 0 Å². The highest BCUT2D eigenvalue weighted by atomic mass is 35.5. The van der Waals surface area contributed by atoms with Gasteiger partial charge in [0.15, 0.2) is 0 Å². The standard InChI is InChI=1S/C15H17ClN4O/c1-11(21)19-5-2-6-20(8-7-19)15-10-17-14-9-12(16)3-4-13(14)18-15/h3-4,9-10H,2,5-8H2,1H3. The summed E-state index contributed by atoms with van der Waals surface area (Å²) in [6.45, 7) is 4.83. The monoisotopic (exact) mass is 304 g/mol. The van der Waals surface area contributed by atoms with Crippen LogP contribution in [0.3, 0.4) is 0 Å². The van der Waals surface area contributed by atoms with Crippen LogP contribution in [-0.2, 0) is 4.79 Å². The SMILES string of the molecule is CC(=O)N1CCCN(c2cnc3cc(Cl)ccc3n2)CC1. The van der Waals surface area contributed by atoms with E-state index in [9.17, 15) is 4.79 Å². The first-order chi connectivity index (χ1) is 10.1. The van der Waals surface area contributed by atoms with Crippen molar-refractivity contribution >= 4 is 34.4 Å². The van der Waals surface area contributed by atoms with Gasteiger partial charge in [0.25, 0.3) is 0 Å². The van der Waals surface area contributed by atoms with Crippen LogP contribution in [0.2, 0.25) is 5.02 Å². The molecule has 5 nitrogen and oxygen atoms in total. The molecule has 2 aromatic rings. The van der Waals surface area contributed by atoms with Gasteiger partial charge in [0.2, 0.25) is 5.91 Å². The minimum absolute atomic E-state index is 0.135. The number of benzene rings is 1. The van der Waals surface area contributed by atoms with E-state index in [0.717, 1.165) is 49.5 Å². The maximum Gasteiger partial charge on any atom is 0.219 e. The number of rotatable bonds is 1. The summed E-state index contributed by atoms with van der Waals surface area (Å²) in [6, 6.07) is 5.52. The third kappa shape index (κ3) is 3.08. The summed E-state index contributed by atoms with van der Waals surface area (Å²) >= 11 is 5.96. The molecule has 0 radical (unpaired) electrons. The van der Waals surface area contributed by atoms with Crippen LogP contribution in [0.25, 0.3) is 11.0 Å². The average Bonchev–Trinajstić information content (AvgIpc) is 2.72. The fourth-order valence-electron chi connectivity index (χ4n) is 2.59. The van der Waals surface area contributed by atoms with E-state index in [1.54, 1.807) is 13.1 Å². The summed E-state index contributed by atoms with van der Waals surface area (Å²) in [5.74, 6) is 0.992. The van der Waals surface area contributed by atoms with Gasteiger partial charge in [0, 0.05) is 38.1 Å². The van der Waals surface area contributed by atoms with Gasteiger partial charge < -0.3 is 9.80 Å². The molecule has 6 heteroatoms. The molecule has 0 aliphatic carbocycles. The van der Waals surface area contributed by atoms with Crippen molar-refractivity contribution in [3.63, 3.8) is 0 Å². The number of halogens is 1. The summed E-state index contributed by atoms with van der Waals surface area (Å²) < 4.78 is 0. The van der Waals surface area contributed by atoms with Crippen molar-refractivity contribution in [1.82, 2.24) is 14.9 Å². The Morgan fingerprint density at radius 1 is 1.19 bits per heavy atom. The van der Waals surface area contributed by atoms with Crippen LogP contribution in [0.5, 0.6) is 0 Å². The van der Waals surface area contributed by atoms with E-state index < -0.39 is 0 Å². The van der Waals surface area contributed by atoms with Gasteiger partial charge in [-0.25, -0.2) is 4.98 Å². The quantitative estimate of drug-likeness (QED) is 0.811. The second-order valence-electron chi connectivity index (χ2n) is 5.21. The Bertz CT molecular complexity index is 676. The van der Waals surface area contributed by atoms with E-state index in [0.29, 0.717) is 5.02 Å². The Labute approximate surface area is 128 Å².